The molecule has 2 aromatic rings. The minimum absolute atomic E-state index is 0.0558. The molecule has 4 amide bonds. The predicted molar refractivity (Wildman–Crippen MR) is 198 cm³/mol. The van der Waals surface area contributed by atoms with Crippen molar-refractivity contribution in [2.75, 3.05) is 24.5 Å². The van der Waals surface area contributed by atoms with E-state index in [-0.39, 0.29) is 41.9 Å². The van der Waals surface area contributed by atoms with E-state index in [4.69, 9.17) is 16.3 Å². The van der Waals surface area contributed by atoms with Gasteiger partial charge in [0.05, 0.1) is 22.2 Å². The molecule has 0 radical (unpaired) electrons. The monoisotopic (exact) mass is 796 g/mol. The summed E-state index contributed by atoms with van der Waals surface area (Å²) in [7, 11) is 0. The quantitative estimate of drug-likeness (QED) is 0.207. The molecule has 0 spiro atoms. The van der Waals surface area contributed by atoms with Crippen molar-refractivity contribution >= 4 is 40.9 Å². The molecule has 2 saturated carbocycles. The van der Waals surface area contributed by atoms with E-state index in [9.17, 15) is 41.1 Å². The second-order valence-electron chi connectivity index (χ2n) is 16.2. The van der Waals surface area contributed by atoms with Crippen LogP contribution in [0.4, 0.5) is 27.6 Å². The summed E-state index contributed by atoms with van der Waals surface area (Å²) in [6.45, 7) is 9.86. The van der Waals surface area contributed by atoms with E-state index in [1.807, 2.05) is 36.2 Å². The average molecular weight is 797 g/mol. The predicted octanol–water partition coefficient (Wildman–Crippen LogP) is 8.01. The topological polar surface area (TPSA) is 99.3 Å². The molecule has 0 saturated heterocycles. The fraction of sp³-hybridized carbons (Fsp3) is 0.600. The summed E-state index contributed by atoms with van der Waals surface area (Å²) in [4.78, 5) is 57.6. The third-order valence-electron chi connectivity index (χ3n) is 11.0. The number of ether oxygens (including phenoxy) is 1. The summed E-state index contributed by atoms with van der Waals surface area (Å²) in [5.41, 5.74) is -3.50. The van der Waals surface area contributed by atoms with Crippen molar-refractivity contribution in [1.82, 2.24) is 15.1 Å². The first-order valence-corrected chi connectivity index (χ1v) is 19.2. The first-order chi connectivity index (χ1) is 25.6. The van der Waals surface area contributed by atoms with Gasteiger partial charge in [-0.15, -0.1) is 0 Å². The number of rotatable bonds is 13. The fourth-order valence-corrected chi connectivity index (χ4v) is 7.92. The van der Waals surface area contributed by atoms with Crippen LogP contribution in [0.25, 0.3) is 0 Å². The number of halogens is 6. The first kappa shape index (κ1) is 42.2. The summed E-state index contributed by atoms with van der Waals surface area (Å²) in [5.74, 6) is -3.09. The Morgan fingerprint density at radius 3 is 2.13 bits per heavy atom. The number of hydrogen-bond donors (Lipinski definition) is 1. The van der Waals surface area contributed by atoms with Crippen LogP contribution in [0.3, 0.4) is 0 Å². The number of carbonyl (C=O) groups is 4. The zero-order valence-corrected chi connectivity index (χ0v) is 32.8. The molecule has 0 unspecified atom stereocenters. The lowest BCUT2D eigenvalue weighted by Crippen LogP contribution is -2.54. The maximum atomic E-state index is 14.7. The van der Waals surface area contributed by atoms with Gasteiger partial charge in [0.15, 0.2) is 5.60 Å². The highest BCUT2D eigenvalue weighted by atomic mass is 35.5. The number of nitrogens with zero attached hydrogens (tertiary/aromatic N) is 3. The first-order valence-electron chi connectivity index (χ1n) is 18.8. The molecule has 0 aromatic heterocycles. The van der Waals surface area contributed by atoms with Gasteiger partial charge >= 0.3 is 12.6 Å². The second kappa shape index (κ2) is 16.3. The fourth-order valence-electron chi connectivity index (χ4n) is 7.80. The van der Waals surface area contributed by atoms with Crippen LogP contribution >= 0.6 is 11.6 Å². The molecule has 0 atom stereocenters. The van der Waals surface area contributed by atoms with Crippen LogP contribution in [-0.4, -0.2) is 83.2 Å². The standard InChI is InChI=1S/C40H50ClF5N4O5/c1-23(2)50(28-13-7-24(8-14-28)17-19-48(27-15-16-27)36(53)38(3,4)25-9-11-26(41)12-10-25)35(52)29-21-31-32(22-30(29)40(44,45)46)55-39(5,6)37(54)49(31)20-18-47-34(51)33(42)43/h9-12,21-24,27-28,33H,7-8,13-20H2,1-6H3,(H,47,51). The molecule has 55 heavy (non-hydrogen) atoms. The van der Waals surface area contributed by atoms with E-state index in [1.165, 1.54) is 18.7 Å². The number of carbonyl (C=O) groups excluding carboxylic acids is 4. The summed E-state index contributed by atoms with van der Waals surface area (Å²) in [5, 5.41) is 2.60. The number of anilines is 1. The van der Waals surface area contributed by atoms with E-state index in [0.29, 0.717) is 30.5 Å². The Hall–Kier alpha value is -3.94. The molecule has 1 aliphatic heterocycles. The highest BCUT2D eigenvalue weighted by Crippen LogP contribution is 2.45. The molecular formula is C40H50ClF5N4O5. The largest absolute Gasteiger partial charge is 0.476 e. The number of benzene rings is 2. The second-order valence-corrected chi connectivity index (χ2v) is 16.6. The average Bonchev–Trinajstić information content (AvgIpc) is 3.95. The molecule has 302 valence electrons. The highest BCUT2D eigenvalue weighted by molar-refractivity contribution is 6.30. The minimum Gasteiger partial charge on any atom is -0.476 e. The molecule has 15 heteroatoms. The smallest absolute Gasteiger partial charge is 0.417 e. The van der Waals surface area contributed by atoms with Crippen LogP contribution in [0.2, 0.25) is 5.02 Å². The third-order valence-corrected chi connectivity index (χ3v) is 11.3. The van der Waals surface area contributed by atoms with Gasteiger partial charge in [-0.25, -0.2) is 0 Å². The van der Waals surface area contributed by atoms with Crippen molar-refractivity contribution in [1.29, 1.82) is 0 Å². The van der Waals surface area contributed by atoms with Gasteiger partial charge in [-0.3, -0.25) is 19.2 Å². The Balaban J connectivity index is 1.32. The van der Waals surface area contributed by atoms with Crippen molar-refractivity contribution in [3.63, 3.8) is 0 Å². The molecule has 2 aliphatic carbocycles. The SMILES string of the molecule is CC(C)N(C(=O)c1cc2c(cc1C(F)(F)F)OC(C)(C)C(=O)N2CCNC(=O)C(F)F)C1CCC(CCN(C(=O)C(C)(C)c2ccc(Cl)cc2)C2CC2)CC1. The summed E-state index contributed by atoms with van der Waals surface area (Å²) >= 11 is 6.09. The van der Waals surface area contributed by atoms with Crippen molar-refractivity contribution in [2.45, 2.75) is 128 Å². The summed E-state index contributed by atoms with van der Waals surface area (Å²) in [6.07, 6.45) is -3.02. The van der Waals surface area contributed by atoms with Gasteiger partial charge in [0.25, 0.3) is 17.7 Å². The van der Waals surface area contributed by atoms with Crippen LogP contribution in [0.1, 0.15) is 108 Å². The minimum atomic E-state index is -4.96. The zero-order chi connectivity index (χ0) is 40.6. The molecule has 1 heterocycles. The molecule has 2 fully saturated rings. The normalized spacial score (nSPS) is 19.9. The number of amides is 4. The maximum Gasteiger partial charge on any atom is 0.417 e. The van der Waals surface area contributed by atoms with E-state index in [1.54, 1.807) is 26.0 Å². The van der Waals surface area contributed by atoms with E-state index < -0.39 is 65.1 Å². The molecule has 0 bridgehead atoms. The van der Waals surface area contributed by atoms with E-state index >= 15 is 0 Å². The van der Waals surface area contributed by atoms with Gasteiger partial charge in [-0.2, -0.15) is 22.0 Å². The van der Waals surface area contributed by atoms with Gasteiger partial charge in [0.1, 0.15) is 5.75 Å². The number of nitrogens with one attached hydrogen (secondary N) is 1. The third kappa shape index (κ3) is 9.37. The van der Waals surface area contributed by atoms with Crippen LogP contribution < -0.4 is 15.0 Å². The zero-order valence-electron chi connectivity index (χ0n) is 32.1. The van der Waals surface area contributed by atoms with Gasteiger partial charge in [0.2, 0.25) is 5.91 Å². The van der Waals surface area contributed by atoms with Gasteiger partial charge < -0.3 is 24.8 Å². The molecule has 5 rings (SSSR count). The number of hydrogen-bond acceptors (Lipinski definition) is 5. The Morgan fingerprint density at radius 2 is 1.58 bits per heavy atom. The van der Waals surface area contributed by atoms with E-state index in [0.717, 1.165) is 48.6 Å². The molecule has 1 N–H and O–H groups in total. The number of fused-ring (bicyclic) bond motifs is 1. The molecule has 9 nitrogen and oxygen atoms in total. The lowest BCUT2D eigenvalue weighted by Gasteiger charge is -2.41. The highest BCUT2D eigenvalue weighted by Gasteiger charge is 2.46. The lowest BCUT2D eigenvalue weighted by molar-refractivity contribution is -0.138. The van der Waals surface area contributed by atoms with Crippen molar-refractivity contribution in [3.8, 4) is 5.75 Å². The van der Waals surface area contributed by atoms with Gasteiger partial charge in [0, 0.05) is 42.8 Å². The van der Waals surface area contributed by atoms with E-state index in [2.05, 4.69) is 0 Å². The van der Waals surface area contributed by atoms with Crippen LogP contribution in [-0.2, 0) is 26.0 Å². The maximum absolute atomic E-state index is 14.7. The van der Waals surface area contributed by atoms with Gasteiger partial charge in [-0.1, -0.05) is 23.7 Å². The van der Waals surface area contributed by atoms with Gasteiger partial charge in [-0.05, 0) is 122 Å². The van der Waals surface area contributed by atoms with Crippen molar-refractivity contribution < 1.29 is 45.9 Å². The Bertz CT molecular complexity index is 1750. The summed E-state index contributed by atoms with van der Waals surface area (Å²) < 4.78 is 75.3. The van der Waals surface area contributed by atoms with Crippen molar-refractivity contribution in [2.24, 2.45) is 5.92 Å². The van der Waals surface area contributed by atoms with Crippen LogP contribution in [0, 0.1) is 5.92 Å². The lowest BCUT2D eigenvalue weighted by atomic mass is 9.81. The Kier molecular flexibility index (Phi) is 12.5. The summed E-state index contributed by atoms with van der Waals surface area (Å²) in [6, 6.07) is 8.37. The Labute approximate surface area is 323 Å². The number of alkyl halides is 5. The van der Waals surface area contributed by atoms with Crippen molar-refractivity contribution in [3.05, 3.63) is 58.1 Å². The van der Waals surface area contributed by atoms with Crippen LogP contribution in [0.5, 0.6) is 5.75 Å². The van der Waals surface area contributed by atoms with Crippen LogP contribution in [0.15, 0.2) is 36.4 Å². The molecular weight excluding hydrogens is 747 g/mol. The molecule has 2 aromatic carbocycles. The molecule has 3 aliphatic rings. The Morgan fingerprint density at radius 1 is 0.982 bits per heavy atom.